The zero-order valence-electron chi connectivity index (χ0n) is 9.49. The topological polar surface area (TPSA) is 49.3 Å². The largest absolute Gasteiger partial charge is 0.446 e. The summed E-state index contributed by atoms with van der Waals surface area (Å²) in [5.41, 5.74) is -4.09. The highest BCUT2D eigenvalue weighted by atomic mass is 32.2. The van der Waals surface area contributed by atoms with E-state index >= 15 is 0 Å². The van der Waals surface area contributed by atoms with Gasteiger partial charge in [0, 0.05) is 17.0 Å². The summed E-state index contributed by atoms with van der Waals surface area (Å²) in [7, 11) is 0. The van der Waals surface area contributed by atoms with Crippen molar-refractivity contribution in [1.29, 1.82) is 0 Å². The van der Waals surface area contributed by atoms with Crippen LogP contribution in [0.3, 0.4) is 0 Å². The van der Waals surface area contributed by atoms with Crippen LogP contribution in [0.5, 0.6) is 0 Å². The molecule has 0 saturated carbocycles. The highest BCUT2D eigenvalue weighted by molar-refractivity contribution is 8.00. The van der Waals surface area contributed by atoms with Crippen molar-refractivity contribution < 1.29 is 23.1 Å². The number of aliphatic hydroxyl groups is 1. The second kappa shape index (κ2) is 6.10. The Kier molecular flexibility index (Phi) is 5.03. The van der Waals surface area contributed by atoms with Crippen LogP contribution in [0.1, 0.15) is 17.3 Å². The molecule has 3 nitrogen and oxygen atoms in total. The number of alkyl halides is 3. The van der Waals surface area contributed by atoms with Crippen molar-refractivity contribution in [1.82, 2.24) is 5.32 Å². The Hall–Kier alpha value is -1.21. The maximum atomic E-state index is 12.1. The van der Waals surface area contributed by atoms with E-state index in [0.717, 1.165) is 0 Å². The van der Waals surface area contributed by atoms with Gasteiger partial charge in [0.05, 0.1) is 6.10 Å². The van der Waals surface area contributed by atoms with Gasteiger partial charge in [-0.1, -0.05) is 0 Å². The quantitative estimate of drug-likeness (QED) is 0.832. The van der Waals surface area contributed by atoms with E-state index in [1.165, 1.54) is 31.2 Å². The summed E-state index contributed by atoms with van der Waals surface area (Å²) >= 11 is -0.232. The lowest BCUT2D eigenvalue weighted by molar-refractivity contribution is -0.0328. The molecule has 0 aliphatic heterocycles. The first-order valence-corrected chi connectivity index (χ1v) is 5.91. The number of nitrogens with one attached hydrogen (secondary N) is 1. The summed E-state index contributed by atoms with van der Waals surface area (Å²) in [6.07, 6.45) is -0.672. The number of amides is 1. The Bertz CT molecular complexity index is 404. The average molecular weight is 279 g/mol. The minimum atomic E-state index is -4.34. The molecule has 18 heavy (non-hydrogen) atoms. The molecule has 0 radical (unpaired) electrons. The van der Waals surface area contributed by atoms with E-state index in [9.17, 15) is 18.0 Å². The van der Waals surface area contributed by atoms with Gasteiger partial charge >= 0.3 is 5.51 Å². The average Bonchev–Trinajstić information content (AvgIpc) is 2.24. The smallest absolute Gasteiger partial charge is 0.392 e. The zero-order chi connectivity index (χ0) is 13.8. The standard InChI is InChI=1S/C11H12F3NO2S/c1-7(16)6-15-10(17)8-2-4-9(5-3-8)18-11(12,13)14/h2-5,7,16H,6H2,1H3,(H,15,17). The fourth-order valence-electron chi connectivity index (χ4n) is 1.15. The molecule has 0 heterocycles. The summed E-state index contributed by atoms with van der Waals surface area (Å²) in [6.45, 7) is 1.61. The van der Waals surface area contributed by atoms with E-state index in [4.69, 9.17) is 5.11 Å². The summed E-state index contributed by atoms with van der Waals surface area (Å²) in [6, 6.07) is 5.09. The first kappa shape index (κ1) is 14.8. The number of benzene rings is 1. The van der Waals surface area contributed by atoms with Crippen LogP contribution in [0.4, 0.5) is 13.2 Å². The van der Waals surface area contributed by atoms with E-state index in [1.807, 2.05) is 0 Å². The van der Waals surface area contributed by atoms with E-state index < -0.39 is 17.5 Å². The Balaban J connectivity index is 2.62. The number of hydrogen-bond donors (Lipinski definition) is 2. The number of halogens is 3. The maximum Gasteiger partial charge on any atom is 0.446 e. The molecule has 1 unspecified atom stereocenters. The highest BCUT2D eigenvalue weighted by Gasteiger charge is 2.29. The van der Waals surface area contributed by atoms with Crippen molar-refractivity contribution in [2.24, 2.45) is 0 Å². The van der Waals surface area contributed by atoms with E-state index in [1.54, 1.807) is 0 Å². The van der Waals surface area contributed by atoms with Crippen molar-refractivity contribution in [3.05, 3.63) is 29.8 Å². The first-order valence-electron chi connectivity index (χ1n) is 5.10. The maximum absolute atomic E-state index is 12.1. The molecule has 0 bridgehead atoms. The normalized spacial score (nSPS) is 13.2. The van der Waals surface area contributed by atoms with Crippen molar-refractivity contribution >= 4 is 17.7 Å². The van der Waals surface area contributed by atoms with Crippen molar-refractivity contribution in [3.8, 4) is 0 Å². The SMILES string of the molecule is CC(O)CNC(=O)c1ccc(SC(F)(F)F)cc1. The van der Waals surface area contributed by atoms with Gasteiger partial charge in [0.15, 0.2) is 0 Å². The molecular weight excluding hydrogens is 267 g/mol. The number of carbonyl (C=O) groups is 1. The molecule has 2 N–H and O–H groups in total. The molecule has 0 aliphatic rings. The predicted octanol–water partition coefficient (Wildman–Crippen LogP) is 2.41. The van der Waals surface area contributed by atoms with E-state index in [-0.39, 0.29) is 28.8 Å². The fraction of sp³-hybridized carbons (Fsp3) is 0.364. The monoisotopic (exact) mass is 279 g/mol. The molecule has 1 amide bonds. The van der Waals surface area contributed by atoms with Gasteiger partial charge in [-0.25, -0.2) is 0 Å². The molecule has 7 heteroatoms. The molecular formula is C11H12F3NO2S. The van der Waals surface area contributed by atoms with Crippen LogP contribution in [0.2, 0.25) is 0 Å². The third-order valence-electron chi connectivity index (χ3n) is 1.91. The van der Waals surface area contributed by atoms with Crippen molar-refractivity contribution in [2.75, 3.05) is 6.54 Å². The molecule has 0 fully saturated rings. The lowest BCUT2D eigenvalue weighted by Crippen LogP contribution is -2.30. The highest BCUT2D eigenvalue weighted by Crippen LogP contribution is 2.36. The number of rotatable bonds is 4. The van der Waals surface area contributed by atoms with Gasteiger partial charge in [0.25, 0.3) is 5.91 Å². The minimum absolute atomic E-state index is 0.0228. The van der Waals surface area contributed by atoms with Gasteiger partial charge < -0.3 is 10.4 Å². The number of thioether (sulfide) groups is 1. The molecule has 0 aliphatic carbocycles. The Morgan fingerprint density at radius 2 is 1.94 bits per heavy atom. The second-order valence-corrected chi connectivity index (χ2v) is 4.77. The van der Waals surface area contributed by atoms with Crippen molar-refractivity contribution in [2.45, 2.75) is 23.4 Å². The van der Waals surface area contributed by atoms with Crippen LogP contribution in [-0.2, 0) is 0 Å². The van der Waals surface area contributed by atoms with Gasteiger partial charge in [0.2, 0.25) is 0 Å². The Labute approximate surface area is 106 Å². The van der Waals surface area contributed by atoms with Gasteiger partial charge in [-0.2, -0.15) is 13.2 Å². The van der Waals surface area contributed by atoms with Crippen LogP contribution < -0.4 is 5.32 Å². The molecule has 0 spiro atoms. The van der Waals surface area contributed by atoms with Crippen LogP contribution in [0.25, 0.3) is 0 Å². The summed E-state index contributed by atoms with van der Waals surface area (Å²) in [5, 5.41) is 11.4. The molecule has 100 valence electrons. The first-order chi connectivity index (χ1) is 8.28. The lowest BCUT2D eigenvalue weighted by Gasteiger charge is -2.08. The lowest BCUT2D eigenvalue weighted by atomic mass is 10.2. The molecule has 1 aromatic rings. The molecule has 1 aromatic carbocycles. The Morgan fingerprint density at radius 1 is 1.39 bits per heavy atom. The van der Waals surface area contributed by atoms with E-state index in [2.05, 4.69) is 5.32 Å². The number of aliphatic hydroxyl groups excluding tert-OH is 1. The second-order valence-electron chi connectivity index (χ2n) is 3.63. The van der Waals surface area contributed by atoms with Gasteiger partial charge in [-0.3, -0.25) is 4.79 Å². The van der Waals surface area contributed by atoms with Crippen LogP contribution in [-0.4, -0.2) is 29.2 Å². The van der Waals surface area contributed by atoms with Crippen LogP contribution in [0, 0.1) is 0 Å². The molecule has 1 atom stereocenters. The van der Waals surface area contributed by atoms with Gasteiger partial charge in [-0.05, 0) is 43.0 Å². The minimum Gasteiger partial charge on any atom is -0.392 e. The Morgan fingerprint density at radius 3 is 2.39 bits per heavy atom. The number of carbonyl (C=O) groups excluding carboxylic acids is 1. The summed E-state index contributed by atoms with van der Waals surface area (Å²) in [4.78, 5) is 11.5. The van der Waals surface area contributed by atoms with Crippen molar-refractivity contribution in [3.63, 3.8) is 0 Å². The third-order valence-corrected chi connectivity index (χ3v) is 2.65. The molecule has 0 aromatic heterocycles. The fourth-order valence-corrected chi connectivity index (χ4v) is 1.69. The zero-order valence-corrected chi connectivity index (χ0v) is 10.3. The van der Waals surface area contributed by atoms with Gasteiger partial charge in [0.1, 0.15) is 0 Å². The summed E-state index contributed by atoms with van der Waals surface area (Å²) in [5.74, 6) is -0.431. The molecule has 0 saturated heterocycles. The predicted molar refractivity (Wildman–Crippen MR) is 62.4 cm³/mol. The third kappa shape index (κ3) is 5.42. The number of hydrogen-bond acceptors (Lipinski definition) is 3. The van der Waals surface area contributed by atoms with Crippen LogP contribution in [0.15, 0.2) is 29.2 Å². The van der Waals surface area contributed by atoms with E-state index in [0.29, 0.717) is 0 Å². The van der Waals surface area contributed by atoms with Gasteiger partial charge in [-0.15, -0.1) is 0 Å². The van der Waals surface area contributed by atoms with Crippen LogP contribution >= 0.6 is 11.8 Å². The summed E-state index contributed by atoms with van der Waals surface area (Å²) < 4.78 is 36.2. The molecule has 1 rings (SSSR count).